The predicted molar refractivity (Wildman–Crippen MR) is 83.9 cm³/mol. The van der Waals surface area contributed by atoms with Gasteiger partial charge in [0, 0.05) is 23.2 Å². The highest BCUT2D eigenvalue weighted by atomic mass is 127. The fourth-order valence-corrected chi connectivity index (χ4v) is 3.08. The minimum atomic E-state index is -0.440. The molecule has 1 N–H and O–H groups in total. The summed E-state index contributed by atoms with van der Waals surface area (Å²) in [6.45, 7) is 4.84. The molecule has 0 saturated carbocycles. The van der Waals surface area contributed by atoms with Crippen molar-refractivity contribution in [3.05, 3.63) is 54.4 Å². The van der Waals surface area contributed by atoms with Crippen LogP contribution >= 0.6 is 22.6 Å². The van der Waals surface area contributed by atoms with Gasteiger partial charge in [-0.25, -0.2) is 4.79 Å². The zero-order valence-electron chi connectivity index (χ0n) is 11.1. The Kier molecular flexibility index (Phi) is 3.00. The largest absolute Gasteiger partial charge is 0.491 e. The molecule has 1 aliphatic rings. The molecule has 0 spiro atoms. The normalized spacial score (nSPS) is 15.8. The third-order valence-corrected chi connectivity index (χ3v) is 4.24. The van der Waals surface area contributed by atoms with Crippen LogP contribution in [0.4, 0.5) is 0 Å². The van der Waals surface area contributed by atoms with Crippen LogP contribution in [0, 0.1) is 3.57 Å². The molecule has 104 valence electrons. The molecule has 5 nitrogen and oxygen atoms in total. The van der Waals surface area contributed by atoms with E-state index in [2.05, 4.69) is 41.4 Å². The summed E-state index contributed by atoms with van der Waals surface area (Å²) in [5.74, 6) is 0.886. The standard InChI is InChI=1S/C14H13IN2O3/c1-14(2)7-20-12-9(14)5-8(6-10(12)15)17-4-3-11(18)16-13(17)19/h3-6H,7H2,1-2H3,(H,16,18,19). The average molecular weight is 384 g/mol. The second-order valence-corrected chi connectivity index (χ2v) is 6.62. The minimum Gasteiger partial charge on any atom is -0.491 e. The van der Waals surface area contributed by atoms with Gasteiger partial charge < -0.3 is 4.74 Å². The van der Waals surface area contributed by atoms with Crippen LogP contribution in [0.2, 0.25) is 0 Å². The van der Waals surface area contributed by atoms with Gasteiger partial charge in [-0.15, -0.1) is 0 Å². The molecule has 1 aromatic heterocycles. The van der Waals surface area contributed by atoms with Crippen molar-refractivity contribution in [2.24, 2.45) is 0 Å². The summed E-state index contributed by atoms with van der Waals surface area (Å²) < 4.78 is 8.12. The molecular weight excluding hydrogens is 371 g/mol. The van der Waals surface area contributed by atoms with E-state index in [9.17, 15) is 9.59 Å². The number of ether oxygens (including phenoxy) is 1. The quantitative estimate of drug-likeness (QED) is 0.763. The maximum atomic E-state index is 11.9. The Hall–Kier alpha value is -1.57. The third kappa shape index (κ3) is 2.07. The number of benzene rings is 1. The molecule has 0 unspecified atom stereocenters. The first-order valence-electron chi connectivity index (χ1n) is 6.18. The first kappa shape index (κ1) is 13.4. The predicted octanol–water partition coefficient (Wildman–Crippen LogP) is 1.80. The van der Waals surface area contributed by atoms with Crippen LogP contribution < -0.4 is 16.0 Å². The fraction of sp³-hybridized carbons (Fsp3) is 0.286. The number of aromatic nitrogens is 2. The highest BCUT2D eigenvalue weighted by Crippen LogP contribution is 2.42. The Morgan fingerprint density at radius 2 is 2.10 bits per heavy atom. The van der Waals surface area contributed by atoms with Crippen molar-refractivity contribution >= 4 is 22.6 Å². The molecule has 3 rings (SSSR count). The second-order valence-electron chi connectivity index (χ2n) is 5.46. The summed E-state index contributed by atoms with van der Waals surface area (Å²) in [6, 6.07) is 5.16. The summed E-state index contributed by atoms with van der Waals surface area (Å²) >= 11 is 2.20. The summed E-state index contributed by atoms with van der Waals surface area (Å²) in [5, 5.41) is 0. The number of rotatable bonds is 1. The lowest BCUT2D eigenvalue weighted by Crippen LogP contribution is -2.27. The molecule has 0 fully saturated rings. The van der Waals surface area contributed by atoms with Crippen LogP contribution in [-0.4, -0.2) is 16.2 Å². The van der Waals surface area contributed by atoms with Gasteiger partial charge in [-0.2, -0.15) is 0 Å². The Bertz CT molecular complexity index is 805. The Labute approximate surface area is 128 Å². The number of fused-ring (bicyclic) bond motifs is 1. The number of nitrogens with zero attached hydrogens (tertiary/aromatic N) is 1. The van der Waals surface area contributed by atoms with Gasteiger partial charge in [0.05, 0.1) is 15.9 Å². The summed E-state index contributed by atoms with van der Waals surface area (Å²) in [7, 11) is 0. The first-order valence-corrected chi connectivity index (χ1v) is 7.25. The smallest absolute Gasteiger partial charge is 0.332 e. The molecule has 0 amide bonds. The highest BCUT2D eigenvalue weighted by Gasteiger charge is 2.33. The number of aromatic amines is 1. The minimum absolute atomic E-state index is 0.0862. The summed E-state index contributed by atoms with van der Waals surface area (Å²) in [5.41, 5.74) is 0.887. The summed E-state index contributed by atoms with van der Waals surface area (Å²) in [4.78, 5) is 25.3. The van der Waals surface area contributed by atoms with Gasteiger partial charge in [0.2, 0.25) is 0 Å². The Morgan fingerprint density at radius 3 is 2.80 bits per heavy atom. The molecule has 0 saturated heterocycles. The van der Waals surface area contributed by atoms with E-state index in [1.807, 2.05) is 12.1 Å². The zero-order chi connectivity index (χ0) is 14.5. The topological polar surface area (TPSA) is 64.1 Å². The monoisotopic (exact) mass is 384 g/mol. The van der Waals surface area contributed by atoms with Crippen molar-refractivity contribution < 1.29 is 4.74 Å². The molecule has 20 heavy (non-hydrogen) atoms. The fourth-order valence-electron chi connectivity index (χ4n) is 2.32. The Morgan fingerprint density at radius 1 is 1.35 bits per heavy atom. The number of hydrogen-bond acceptors (Lipinski definition) is 3. The molecule has 2 heterocycles. The molecule has 1 aromatic carbocycles. The molecule has 1 aliphatic heterocycles. The average Bonchev–Trinajstić information content (AvgIpc) is 2.66. The lowest BCUT2D eigenvalue weighted by molar-refractivity contribution is 0.290. The van der Waals surface area contributed by atoms with Crippen LogP contribution in [-0.2, 0) is 5.41 Å². The van der Waals surface area contributed by atoms with Crippen molar-refractivity contribution in [1.82, 2.24) is 9.55 Å². The van der Waals surface area contributed by atoms with Gasteiger partial charge in [-0.05, 0) is 34.7 Å². The van der Waals surface area contributed by atoms with Gasteiger partial charge in [0.1, 0.15) is 5.75 Å². The maximum Gasteiger partial charge on any atom is 0.332 e. The summed E-state index contributed by atoms with van der Waals surface area (Å²) in [6.07, 6.45) is 1.49. The van der Waals surface area contributed by atoms with Crippen molar-refractivity contribution in [3.63, 3.8) is 0 Å². The number of H-pyrrole nitrogens is 1. The van der Waals surface area contributed by atoms with Crippen LogP contribution in [0.25, 0.3) is 5.69 Å². The number of nitrogens with one attached hydrogen (secondary N) is 1. The molecular formula is C14H13IN2O3. The lowest BCUT2D eigenvalue weighted by Gasteiger charge is -2.16. The van der Waals surface area contributed by atoms with Gasteiger partial charge in [0.25, 0.3) is 5.56 Å². The zero-order valence-corrected chi connectivity index (χ0v) is 13.2. The number of hydrogen-bond donors (Lipinski definition) is 1. The van der Waals surface area contributed by atoms with Gasteiger partial charge in [0.15, 0.2) is 0 Å². The molecule has 0 atom stereocenters. The maximum absolute atomic E-state index is 11.9. The van der Waals surface area contributed by atoms with Gasteiger partial charge in [-0.3, -0.25) is 14.3 Å². The van der Waals surface area contributed by atoms with Crippen molar-refractivity contribution in [2.75, 3.05) is 6.61 Å². The van der Waals surface area contributed by atoms with E-state index >= 15 is 0 Å². The van der Waals surface area contributed by atoms with E-state index in [1.165, 1.54) is 16.8 Å². The lowest BCUT2D eigenvalue weighted by atomic mass is 9.87. The van der Waals surface area contributed by atoms with E-state index in [-0.39, 0.29) is 5.41 Å². The van der Waals surface area contributed by atoms with E-state index in [1.54, 1.807) is 0 Å². The van der Waals surface area contributed by atoms with Gasteiger partial charge >= 0.3 is 5.69 Å². The van der Waals surface area contributed by atoms with E-state index in [0.29, 0.717) is 6.61 Å². The van der Waals surface area contributed by atoms with Crippen LogP contribution in [0.1, 0.15) is 19.4 Å². The van der Waals surface area contributed by atoms with Crippen molar-refractivity contribution in [2.45, 2.75) is 19.3 Å². The van der Waals surface area contributed by atoms with Crippen LogP contribution in [0.15, 0.2) is 34.0 Å². The first-order chi connectivity index (χ1) is 9.38. The van der Waals surface area contributed by atoms with E-state index in [4.69, 9.17) is 4.74 Å². The van der Waals surface area contributed by atoms with Crippen molar-refractivity contribution in [3.8, 4) is 11.4 Å². The van der Waals surface area contributed by atoms with Gasteiger partial charge in [-0.1, -0.05) is 13.8 Å². The molecule has 2 aromatic rings. The second kappa shape index (κ2) is 4.47. The van der Waals surface area contributed by atoms with E-state index < -0.39 is 11.2 Å². The van der Waals surface area contributed by atoms with Crippen molar-refractivity contribution in [1.29, 1.82) is 0 Å². The molecule has 0 aliphatic carbocycles. The number of halogens is 1. The Balaban J connectivity index is 2.24. The SMILES string of the molecule is CC1(C)COc2c(I)cc(-n3ccc(=O)[nH]c3=O)cc21. The highest BCUT2D eigenvalue weighted by molar-refractivity contribution is 14.1. The van der Waals surface area contributed by atoms with Crippen LogP contribution in [0.5, 0.6) is 5.75 Å². The molecule has 0 bridgehead atoms. The van der Waals surface area contributed by atoms with Crippen LogP contribution in [0.3, 0.4) is 0 Å². The third-order valence-electron chi connectivity index (χ3n) is 3.44. The molecule has 6 heteroatoms. The molecule has 0 radical (unpaired) electrons. The van der Waals surface area contributed by atoms with E-state index in [0.717, 1.165) is 20.6 Å².